The van der Waals surface area contributed by atoms with Crippen LogP contribution in [0.2, 0.25) is 0 Å². The average Bonchev–Trinajstić information content (AvgIpc) is 3.26. The fourth-order valence-electron chi connectivity index (χ4n) is 1.71. The van der Waals surface area contributed by atoms with Crippen molar-refractivity contribution in [2.24, 2.45) is 5.92 Å². The number of hydrogen-bond donors (Lipinski definition) is 1. The lowest BCUT2D eigenvalue weighted by Crippen LogP contribution is -2.18. The molecule has 0 bridgehead atoms. The van der Waals surface area contributed by atoms with E-state index in [1.54, 1.807) is 0 Å². The standard InChI is InChI=1S/C15H21ClO3/c16-9-14(17)11-19-15-5-3-12(4-6-15)7-8-18-10-13-1-2-13/h3-6,13-14,17H,1-2,7-11H2/t14-/m1/s1. The van der Waals surface area contributed by atoms with Crippen molar-refractivity contribution < 1.29 is 14.6 Å². The summed E-state index contributed by atoms with van der Waals surface area (Å²) in [6.07, 6.45) is 2.98. The number of alkyl halides is 1. The van der Waals surface area contributed by atoms with Gasteiger partial charge in [0.05, 0.1) is 12.5 Å². The molecule has 0 unspecified atom stereocenters. The van der Waals surface area contributed by atoms with Gasteiger partial charge in [-0.05, 0) is 42.9 Å². The highest BCUT2D eigenvalue weighted by atomic mass is 35.5. The van der Waals surface area contributed by atoms with Crippen molar-refractivity contribution in [1.82, 2.24) is 0 Å². The molecule has 1 saturated carbocycles. The van der Waals surface area contributed by atoms with Crippen LogP contribution in [0.4, 0.5) is 0 Å². The van der Waals surface area contributed by atoms with Crippen LogP contribution >= 0.6 is 11.6 Å². The van der Waals surface area contributed by atoms with E-state index in [1.165, 1.54) is 18.4 Å². The highest BCUT2D eigenvalue weighted by Gasteiger charge is 2.20. The molecule has 0 spiro atoms. The summed E-state index contributed by atoms with van der Waals surface area (Å²) in [6, 6.07) is 7.89. The van der Waals surface area contributed by atoms with Gasteiger partial charge < -0.3 is 14.6 Å². The van der Waals surface area contributed by atoms with Crippen LogP contribution in [0.3, 0.4) is 0 Å². The lowest BCUT2D eigenvalue weighted by atomic mass is 10.1. The second-order valence-electron chi connectivity index (χ2n) is 5.03. The zero-order chi connectivity index (χ0) is 13.5. The number of rotatable bonds is 9. The molecule has 2 rings (SSSR count). The maximum atomic E-state index is 9.29. The number of aliphatic hydroxyl groups is 1. The molecule has 0 aromatic heterocycles. The third-order valence-electron chi connectivity index (χ3n) is 3.13. The van der Waals surface area contributed by atoms with E-state index in [2.05, 4.69) is 0 Å². The Hall–Kier alpha value is -0.770. The van der Waals surface area contributed by atoms with Gasteiger partial charge in [-0.25, -0.2) is 0 Å². The minimum atomic E-state index is -0.614. The maximum Gasteiger partial charge on any atom is 0.119 e. The zero-order valence-corrected chi connectivity index (χ0v) is 11.8. The normalized spacial score (nSPS) is 16.3. The summed E-state index contributed by atoms with van der Waals surface area (Å²) in [5.41, 5.74) is 1.24. The van der Waals surface area contributed by atoms with Crippen molar-refractivity contribution in [3.63, 3.8) is 0 Å². The van der Waals surface area contributed by atoms with Crippen LogP contribution in [0.1, 0.15) is 18.4 Å². The molecule has 1 N–H and O–H groups in total. The molecule has 4 heteroatoms. The van der Waals surface area contributed by atoms with Crippen LogP contribution < -0.4 is 4.74 Å². The largest absolute Gasteiger partial charge is 0.491 e. The maximum absolute atomic E-state index is 9.29. The van der Waals surface area contributed by atoms with Gasteiger partial charge >= 0.3 is 0 Å². The summed E-state index contributed by atoms with van der Waals surface area (Å²) < 4.78 is 11.0. The van der Waals surface area contributed by atoms with E-state index in [4.69, 9.17) is 21.1 Å². The molecule has 0 heterocycles. The van der Waals surface area contributed by atoms with Crippen molar-refractivity contribution in [2.45, 2.75) is 25.4 Å². The first-order valence-corrected chi connectivity index (χ1v) is 7.35. The lowest BCUT2D eigenvalue weighted by molar-refractivity contribution is 0.125. The van der Waals surface area contributed by atoms with E-state index >= 15 is 0 Å². The molecule has 106 valence electrons. The molecular formula is C15H21ClO3. The molecule has 1 atom stereocenters. The van der Waals surface area contributed by atoms with Crippen LogP contribution in [-0.2, 0) is 11.2 Å². The fraction of sp³-hybridized carbons (Fsp3) is 0.600. The minimum Gasteiger partial charge on any atom is -0.491 e. The summed E-state index contributed by atoms with van der Waals surface area (Å²) in [7, 11) is 0. The Morgan fingerprint density at radius 2 is 2.00 bits per heavy atom. The van der Waals surface area contributed by atoms with Crippen molar-refractivity contribution in [3.05, 3.63) is 29.8 Å². The van der Waals surface area contributed by atoms with E-state index in [-0.39, 0.29) is 12.5 Å². The summed E-state index contributed by atoms with van der Waals surface area (Å²) in [5, 5.41) is 9.29. The Bertz CT molecular complexity index is 362. The number of benzene rings is 1. The van der Waals surface area contributed by atoms with Crippen LogP contribution in [0.5, 0.6) is 5.75 Å². The first-order valence-electron chi connectivity index (χ1n) is 6.81. The monoisotopic (exact) mass is 284 g/mol. The highest BCUT2D eigenvalue weighted by Crippen LogP contribution is 2.28. The SMILES string of the molecule is O[C@H](CCl)COc1ccc(CCOCC2CC2)cc1. The zero-order valence-electron chi connectivity index (χ0n) is 11.1. The molecule has 19 heavy (non-hydrogen) atoms. The minimum absolute atomic E-state index is 0.191. The number of aliphatic hydroxyl groups excluding tert-OH is 1. The Labute approximate surface area is 119 Å². The first kappa shape index (κ1) is 14.6. The molecule has 0 amide bonds. The van der Waals surface area contributed by atoms with Gasteiger partial charge in [0.2, 0.25) is 0 Å². The second kappa shape index (κ2) is 7.73. The Morgan fingerprint density at radius 3 is 2.63 bits per heavy atom. The van der Waals surface area contributed by atoms with Gasteiger partial charge in [-0.3, -0.25) is 0 Å². The van der Waals surface area contributed by atoms with Gasteiger partial charge in [0.25, 0.3) is 0 Å². The van der Waals surface area contributed by atoms with Crippen molar-refractivity contribution in [3.8, 4) is 5.75 Å². The third-order valence-corrected chi connectivity index (χ3v) is 3.49. The molecule has 0 aliphatic heterocycles. The molecule has 1 aromatic rings. The van der Waals surface area contributed by atoms with Crippen molar-refractivity contribution in [2.75, 3.05) is 25.7 Å². The number of hydrogen-bond acceptors (Lipinski definition) is 3. The molecule has 3 nitrogen and oxygen atoms in total. The Morgan fingerprint density at radius 1 is 1.26 bits per heavy atom. The van der Waals surface area contributed by atoms with Gasteiger partial charge in [0.15, 0.2) is 0 Å². The second-order valence-corrected chi connectivity index (χ2v) is 5.34. The first-order chi connectivity index (χ1) is 9.28. The predicted octanol–water partition coefficient (Wildman–Crippen LogP) is 2.63. The average molecular weight is 285 g/mol. The fourth-order valence-corrected chi connectivity index (χ4v) is 1.80. The summed E-state index contributed by atoms with van der Waals surface area (Å²) in [6.45, 7) is 1.92. The van der Waals surface area contributed by atoms with Gasteiger partial charge in [0, 0.05) is 6.61 Å². The number of halogens is 1. The molecule has 0 radical (unpaired) electrons. The van der Waals surface area contributed by atoms with E-state index in [1.807, 2.05) is 24.3 Å². The topological polar surface area (TPSA) is 38.7 Å². The Kier molecular flexibility index (Phi) is 5.95. The van der Waals surface area contributed by atoms with Crippen LogP contribution in [0, 0.1) is 5.92 Å². The molecule has 1 aliphatic rings. The quantitative estimate of drug-likeness (QED) is 0.560. The van der Waals surface area contributed by atoms with E-state index in [0.29, 0.717) is 0 Å². The van der Waals surface area contributed by atoms with Crippen LogP contribution in [0.25, 0.3) is 0 Å². The molecule has 1 fully saturated rings. The van der Waals surface area contributed by atoms with Gasteiger partial charge in [-0.2, -0.15) is 0 Å². The Balaban J connectivity index is 1.65. The number of ether oxygens (including phenoxy) is 2. The highest BCUT2D eigenvalue weighted by molar-refractivity contribution is 6.18. The summed E-state index contributed by atoms with van der Waals surface area (Å²) in [4.78, 5) is 0. The van der Waals surface area contributed by atoms with Crippen molar-refractivity contribution in [1.29, 1.82) is 0 Å². The van der Waals surface area contributed by atoms with Crippen LogP contribution in [-0.4, -0.2) is 36.9 Å². The summed E-state index contributed by atoms with van der Waals surface area (Å²) >= 11 is 5.50. The van der Waals surface area contributed by atoms with E-state index < -0.39 is 6.10 Å². The smallest absolute Gasteiger partial charge is 0.119 e. The van der Waals surface area contributed by atoms with E-state index in [0.717, 1.165) is 31.3 Å². The predicted molar refractivity (Wildman–Crippen MR) is 75.9 cm³/mol. The van der Waals surface area contributed by atoms with E-state index in [9.17, 15) is 5.11 Å². The summed E-state index contributed by atoms with van der Waals surface area (Å²) in [5.74, 6) is 1.77. The molecule has 0 saturated heterocycles. The molecule has 1 aromatic carbocycles. The molecular weight excluding hydrogens is 264 g/mol. The van der Waals surface area contributed by atoms with Crippen LogP contribution in [0.15, 0.2) is 24.3 Å². The van der Waals surface area contributed by atoms with Gasteiger partial charge in [-0.15, -0.1) is 11.6 Å². The van der Waals surface area contributed by atoms with Crippen molar-refractivity contribution >= 4 is 11.6 Å². The third kappa shape index (κ3) is 5.81. The lowest BCUT2D eigenvalue weighted by Gasteiger charge is -2.10. The van der Waals surface area contributed by atoms with Gasteiger partial charge in [0.1, 0.15) is 18.5 Å². The molecule has 1 aliphatic carbocycles. The van der Waals surface area contributed by atoms with Gasteiger partial charge in [-0.1, -0.05) is 12.1 Å².